The Balaban J connectivity index is 2.18. The van der Waals surface area contributed by atoms with E-state index in [1.165, 1.54) is 0 Å². The monoisotopic (exact) mass is 300 g/mol. The van der Waals surface area contributed by atoms with E-state index in [2.05, 4.69) is 6.07 Å². The molecule has 2 N–H and O–H groups in total. The van der Waals surface area contributed by atoms with Crippen LogP contribution in [0.3, 0.4) is 0 Å². The zero-order chi connectivity index (χ0) is 15.5. The molecular formula is C17H17ClN2O. The summed E-state index contributed by atoms with van der Waals surface area (Å²) in [5.41, 5.74) is 7.23. The van der Waals surface area contributed by atoms with Crippen LogP contribution >= 0.6 is 11.6 Å². The SMILES string of the molecule is CC(C)(N)Cc1ccc(Oc2cccc(Cl)c2C#N)cc1. The number of hydrogen-bond donors (Lipinski definition) is 1. The molecule has 0 fully saturated rings. The molecule has 0 unspecified atom stereocenters. The predicted molar refractivity (Wildman–Crippen MR) is 84.7 cm³/mol. The first kappa shape index (κ1) is 15.4. The van der Waals surface area contributed by atoms with Gasteiger partial charge >= 0.3 is 0 Å². The lowest BCUT2D eigenvalue weighted by atomic mass is 9.96. The van der Waals surface area contributed by atoms with Crippen molar-refractivity contribution in [2.45, 2.75) is 25.8 Å². The quantitative estimate of drug-likeness (QED) is 0.916. The van der Waals surface area contributed by atoms with E-state index in [1.54, 1.807) is 18.2 Å². The number of rotatable bonds is 4. The Kier molecular flexibility index (Phi) is 4.52. The molecule has 3 nitrogen and oxygen atoms in total. The van der Waals surface area contributed by atoms with E-state index in [0.29, 0.717) is 22.1 Å². The lowest BCUT2D eigenvalue weighted by molar-refractivity contribution is 0.479. The first-order valence-electron chi connectivity index (χ1n) is 6.63. The van der Waals surface area contributed by atoms with Crippen LogP contribution in [0.15, 0.2) is 42.5 Å². The molecule has 0 bridgehead atoms. The van der Waals surface area contributed by atoms with Crippen LogP contribution in [0, 0.1) is 11.3 Å². The van der Waals surface area contributed by atoms with Crippen molar-refractivity contribution < 1.29 is 4.74 Å². The summed E-state index contributed by atoms with van der Waals surface area (Å²) < 4.78 is 5.73. The second-order valence-electron chi connectivity index (χ2n) is 5.64. The summed E-state index contributed by atoms with van der Waals surface area (Å²) in [4.78, 5) is 0. The van der Waals surface area contributed by atoms with Crippen molar-refractivity contribution in [3.63, 3.8) is 0 Å². The molecular weight excluding hydrogens is 284 g/mol. The molecule has 108 valence electrons. The molecule has 21 heavy (non-hydrogen) atoms. The number of nitrogens with zero attached hydrogens (tertiary/aromatic N) is 1. The Morgan fingerprint density at radius 2 is 1.86 bits per heavy atom. The highest BCUT2D eigenvalue weighted by Gasteiger charge is 2.12. The standard InChI is InChI=1S/C17H17ClN2O/c1-17(2,20)10-12-6-8-13(9-7-12)21-16-5-3-4-15(18)14(16)11-19/h3-9H,10,20H2,1-2H3. The minimum atomic E-state index is -0.247. The third kappa shape index (κ3) is 4.22. The predicted octanol–water partition coefficient (Wildman–Crippen LogP) is 4.28. The fourth-order valence-corrected chi connectivity index (χ4v) is 2.23. The molecule has 0 amide bonds. The van der Waals surface area contributed by atoms with Gasteiger partial charge < -0.3 is 10.5 Å². The largest absolute Gasteiger partial charge is 0.456 e. The average Bonchev–Trinajstić information content (AvgIpc) is 2.40. The Morgan fingerprint density at radius 1 is 1.19 bits per heavy atom. The molecule has 4 heteroatoms. The third-order valence-corrected chi connectivity index (χ3v) is 3.21. The van der Waals surface area contributed by atoms with Gasteiger partial charge in [0.15, 0.2) is 0 Å². The maximum atomic E-state index is 9.12. The van der Waals surface area contributed by atoms with Crippen LogP contribution < -0.4 is 10.5 Å². The van der Waals surface area contributed by atoms with Crippen LogP contribution in [-0.4, -0.2) is 5.54 Å². The number of nitriles is 1. The fourth-order valence-electron chi connectivity index (χ4n) is 2.03. The average molecular weight is 301 g/mol. The number of nitrogens with two attached hydrogens (primary N) is 1. The third-order valence-electron chi connectivity index (χ3n) is 2.90. The zero-order valence-electron chi connectivity index (χ0n) is 12.1. The maximum absolute atomic E-state index is 9.12. The number of benzene rings is 2. The maximum Gasteiger partial charge on any atom is 0.146 e. The number of halogens is 1. The van der Waals surface area contributed by atoms with Gasteiger partial charge in [-0.1, -0.05) is 29.8 Å². The van der Waals surface area contributed by atoms with Gasteiger partial charge in [0.2, 0.25) is 0 Å². The molecule has 0 saturated carbocycles. The summed E-state index contributed by atoms with van der Waals surface area (Å²) >= 11 is 5.98. The summed E-state index contributed by atoms with van der Waals surface area (Å²) in [6.45, 7) is 3.98. The first-order chi connectivity index (χ1) is 9.89. The summed E-state index contributed by atoms with van der Waals surface area (Å²) in [7, 11) is 0. The van der Waals surface area contributed by atoms with Gasteiger partial charge in [-0.25, -0.2) is 0 Å². The van der Waals surface area contributed by atoms with Crippen molar-refractivity contribution in [2.75, 3.05) is 0 Å². The second-order valence-corrected chi connectivity index (χ2v) is 6.04. The van der Waals surface area contributed by atoms with Gasteiger partial charge in [-0.05, 0) is 50.1 Å². The minimum absolute atomic E-state index is 0.247. The van der Waals surface area contributed by atoms with Crippen LogP contribution in [-0.2, 0) is 6.42 Å². The molecule has 0 aliphatic carbocycles. The van der Waals surface area contributed by atoms with Gasteiger partial charge in [0.25, 0.3) is 0 Å². The van der Waals surface area contributed by atoms with Crippen LogP contribution in [0.4, 0.5) is 0 Å². The normalized spacial score (nSPS) is 11.0. The summed E-state index contributed by atoms with van der Waals surface area (Å²) in [5.74, 6) is 1.12. The molecule has 0 saturated heterocycles. The highest BCUT2D eigenvalue weighted by atomic mass is 35.5. The minimum Gasteiger partial charge on any atom is -0.456 e. The van der Waals surface area contributed by atoms with Crippen LogP contribution in [0.25, 0.3) is 0 Å². The molecule has 0 atom stereocenters. The Bertz CT molecular complexity index is 667. The van der Waals surface area contributed by atoms with E-state index in [-0.39, 0.29) is 5.54 Å². The lowest BCUT2D eigenvalue weighted by Gasteiger charge is -2.18. The van der Waals surface area contributed by atoms with E-state index in [0.717, 1.165) is 12.0 Å². The van der Waals surface area contributed by atoms with Gasteiger partial charge in [0.05, 0.1) is 5.02 Å². The highest BCUT2D eigenvalue weighted by molar-refractivity contribution is 6.31. The van der Waals surface area contributed by atoms with Gasteiger partial charge in [0.1, 0.15) is 23.1 Å². The number of hydrogen-bond acceptors (Lipinski definition) is 3. The molecule has 2 aromatic rings. The van der Waals surface area contributed by atoms with Gasteiger partial charge in [-0.15, -0.1) is 0 Å². The highest BCUT2D eigenvalue weighted by Crippen LogP contribution is 2.30. The van der Waals surface area contributed by atoms with E-state index in [1.807, 2.05) is 38.1 Å². The fraction of sp³-hybridized carbons (Fsp3) is 0.235. The molecule has 0 radical (unpaired) electrons. The smallest absolute Gasteiger partial charge is 0.146 e. The summed E-state index contributed by atoms with van der Waals surface area (Å²) in [6.07, 6.45) is 0.786. The molecule has 0 aromatic heterocycles. The Hall–Kier alpha value is -2.02. The lowest BCUT2D eigenvalue weighted by Crippen LogP contribution is -2.34. The Morgan fingerprint density at radius 3 is 2.43 bits per heavy atom. The van der Waals surface area contributed by atoms with Crippen LogP contribution in [0.5, 0.6) is 11.5 Å². The molecule has 0 aliphatic heterocycles. The van der Waals surface area contributed by atoms with Gasteiger partial charge in [-0.3, -0.25) is 0 Å². The second kappa shape index (κ2) is 6.17. The van der Waals surface area contributed by atoms with Crippen LogP contribution in [0.1, 0.15) is 25.0 Å². The van der Waals surface area contributed by atoms with Crippen molar-refractivity contribution in [3.05, 3.63) is 58.6 Å². The first-order valence-corrected chi connectivity index (χ1v) is 7.01. The molecule has 0 spiro atoms. The summed E-state index contributed by atoms with van der Waals surface area (Å²) in [6, 6.07) is 14.9. The van der Waals surface area contributed by atoms with Crippen molar-refractivity contribution in [2.24, 2.45) is 5.73 Å². The van der Waals surface area contributed by atoms with Crippen molar-refractivity contribution >= 4 is 11.6 Å². The number of ether oxygens (including phenoxy) is 1. The molecule has 0 aliphatic rings. The van der Waals surface area contributed by atoms with Crippen molar-refractivity contribution in [1.29, 1.82) is 5.26 Å². The van der Waals surface area contributed by atoms with E-state index >= 15 is 0 Å². The zero-order valence-corrected chi connectivity index (χ0v) is 12.8. The summed E-state index contributed by atoms with van der Waals surface area (Å²) in [5, 5.41) is 9.51. The van der Waals surface area contributed by atoms with E-state index in [4.69, 9.17) is 27.3 Å². The topological polar surface area (TPSA) is 59.0 Å². The van der Waals surface area contributed by atoms with Crippen LogP contribution in [0.2, 0.25) is 5.02 Å². The van der Waals surface area contributed by atoms with E-state index in [9.17, 15) is 0 Å². The van der Waals surface area contributed by atoms with Crippen molar-refractivity contribution in [3.8, 4) is 17.6 Å². The molecule has 2 rings (SSSR count). The molecule has 0 heterocycles. The Labute approximate surface area is 129 Å². The van der Waals surface area contributed by atoms with Crippen molar-refractivity contribution in [1.82, 2.24) is 0 Å². The van der Waals surface area contributed by atoms with E-state index < -0.39 is 0 Å². The van der Waals surface area contributed by atoms with Gasteiger partial charge in [-0.2, -0.15) is 5.26 Å². The van der Waals surface area contributed by atoms with Gasteiger partial charge in [0, 0.05) is 5.54 Å². The molecule has 2 aromatic carbocycles.